The van der Waals surface area contributed by atoms with Crippen molar-refractivity contribution in [2.24, 2.45) is 5.73 Å². The van der Waals surface area contributed by atoms with Crippen molar-refractivity contribution in [3.05, 3.63) is 0 Å². The number of hydrogen-bond donors (Lipinski definition) is 4. The monoisotopic (exact) mass is 516 g/mol. The average Bonchev–Trinajstić information content (AvgIpc) is 2.82. The molecule has 0 radical (unpaired) electrons. The molecule has 0 spiro atoms. The van der Waals surface area contributed by atoms with Gasteiger partial charge in [0.2, 0.25) is 11.8 Å². The van der Waals surface area contributed by atoms with Crippen molar-refractivity contribution in [2.75, 3.05) is 39.4 Å². The summed E-state index contributed by atoms with van der Waals surface area (Å²) in [6, 6.07) is -0.0987. The summed E-state index contributed by atoms with van der Waals surface area (Å²) >= 11 is 0. The van der Waals surface area contributed by atoms with Gasteiger partial charge in [-0.1, -0.05) is 20.8 Å². The second-order valence-corrected chi connectivity index (χ2v) is 9.94. The van der Waals surface area contributed by atoms with Crippen molar-refractivity contribution in [1.29, 1.82) is 0 Å². The number of amides is 2. The van der Waals surface area contributed by atoms with Gasteiger partial charge in [-0.2, -0.15) is 0 Å². The van der Waals surface area contributed by atoms with Gasteiger partial charge in [0.25, 0.3) is 0 Å². The third kappa shape index (κ3) is 21.7. The van der Waals surface area contributed by atoms with Crippen LogP contribution < -0.4 is 21.7 Å². The first-order chi connectivity index (χ1) is 16.9. The zero-order chi connectivity index (χ0) is 28.0. The maximum absolute atomic E-state index is 12.0. The van der Waals surface area contributed by atoms with Gasteiger partial charge in [-0.25, -0.2) is 0 Å². The Bertz CT molecular complexity index is 597. The fourth-order valence-electron chi connectivity index (χ4n) is 3.20. The van der Waals surface area contributed by atoms with Crippen molar-refractivity contribution in [1.82, 2.24) is 16.0 Å². The van der Waals surface area contributed by atoms with E-state index in [4.69, 9.17) is 15.2 Å². The molecule has 1 atom stereocenters. The third-order valence-corrected chi connectivity index (χ3v) is 5.60. The van der Waals surface area contributed by atoms with Gasteiger partial charge in [0.1, 0.15) is 5.78 Å². The zero-order valence-electron chi connectivity index (χ0n) is 24.4. The summed E-state index contributed by atoms with van der Waals surface area (Å²) in [4.78, 5) is 35.4. The summed E-state index contributed by atoms with van der Waals surface area (Å²) < 4.78 is 11.6. The molecule has 5 N–H and O–H groups in total. The molecular weight excluding hydrogens is 460 g/mol. The van der Waals surface area contributed by atoms with Crippen molar-refractivity contribution >= 4 is 17.6 Å². The average molecular weight is 517 g/mol. The quantitative estimate of drug-likeness (QED) is 0.172. The van der Waals surface area contributed by atoms with Gasteiger partial charge in [0, 0.05) is 32.5 Å². The van der Waals surface area contributed by atoms with Crippen LogP contribution >= 0.6 is 0 Å². The number of rotatable bonds is 21. The fourth-order valence-corrected chi connectivity index (χ4v) is 3.20. The summed E-state index contributed by atoms with van der Waals surface area (Å²) in [5, 5.41) is 8.88. The van der Waals surface area contributed by atoms with Crippen LogP contribution in [0.5, 0.6) is 0 Å². The summed E-state index contributed by atoms with van der Waals surface area (Å²) in [6.07, 6.45) is 4.34. The Morgan fingerprint density at radius 1 is 0.833 bits per heavy atom. The lowest BCUT2D eigenvalue weighted by atomic mass is 10.1. The largest absolute Gasteiger partial charge is 0.374 e. The van der Waals surface area contributed by atoms with Gasteiger partial charge in [-0.05, 0) is 73.3 Å². The highest BCUT2D eigenvalue weighted by Crippen LogP contribution is 2.16. The Hall–Kier alpha value is -1.55. The fraction of sp³-hybridized carbons (Fsp3) is 0.889. The third-order valence-electron chi connectivity index (χ3n) is 5.60. The van der Waals surface area contributed by atoms with Crippen molar-refractivity contribution in [3.8, 4) is 0 Å². The molecule has 1 unspecified atom stereocenters. The number of carbonyl (C=O) groups excluding carboxylic acids is 3. The predicted octanol–water partition coefficient (Wildman–Crippen LogP) is 3.09. The lowest BCUT2D eigenvalue weighted by molar-refractivity contribution is -0.123. The van der Waals surface area contributed by atoms with Gasteiger partial charge in [-0.15, -0.1) is 0 Å². The van der Waals surface area contributed by atoms with Crippen LogP contribution in [-0.2, 0) is 23.9 Å². The van der Waals surface area contributed by atoms with Crippen molar-refractivity contribution in [3.63, 3.8) is 0 Å². The molecule has 0 aliphatic carbocycles. The summed E-state index contributed by atoms with van der Waals surface area (Å²) in [5.41, 5.74) is 4.97. The van der Waals surface area contributed by atoms with Gasteiger partial charge in [0.05, 0.1) is 30.5 Å². The van der Waals surface area contributed by atoms with Gasteiger partial charge in [-0.3, -0.25) is 14.4 Å². The van der Waals surface area contributed by atoms with Gasteiger partial charge >= 0.3 is 0 Å². The number of hydrogen-bond acceptors (Lipinski definition) is 7. The van der Waals surface area contributed by atoms with E-state index in [1.54, 1.807) is 6.92 Å². The number of carbonyl (C=O) groups is 3. The molecule has 0 aliphatic heterocycles. The van der Waals surface area contributed by atoms with E-state index < -0.39 is 0 Å². The minimum absolute atomic E-state index is 0.0484. The minimum Gasteiger partial charge on any atom is -0.374 e. The molecule has 2 amide bonds. The standard InChI is InChI=1S/C25H50N4O5.C2H6/c1-7-27-21(20(2)30)11-8-9-15-28-22(31)12-10-13-23(32)29-16-18-34-24(3,4)14-17-33-25(5,6)19-26;1-2/h21,27H,7-19,26H2,1-6H3,(H,28,31)(H,29,32);1-2H3. The highest BCUT2D eigenvalue weighted by Gasteiger charge is 2.21. The lowest BCUT2D eigenvalue weighted by Crippen LogP contribution is -2.37. The first kappa shape index (κ1) is 36.6. The maximum Gasteiger partial charge on any atom is 0.220 e. The topological polar surface area (TPSA) is 132 Å². The van der Waals surface area contributed by atoms with E-state index in [2.05, 4.69) is 16.0 Å². The van der Waals surface area contributed by atoms with E-state index in [1.165, 1.54) is 0 Å². The van der Waals surface area contributed by atoms with Gasteiger partial charge < -0.3 is 31.2 Å². The van der Waals surface area contributed by atoms with Crippen LogP contribution in [0.2, 0.25) is 0 Å². The first-order valence-electron chi connectivity index (χ1n) is 13.7. The molecule has 0 bridgehead atoms. The molecule has 9 nitrogen and oxygen atoms in total. The van der Waals surface area contributed by atoms with Crippen LogP contribution in [0.1, 0.15) is 100 Å². The van der Waals surface area contributed by atoms with Crippen LogP contribution in [-0.4, -0.2) is 74.2 Å². The second kappa shape index (κ2) is 21.5. The Morgan fingerprint density at radius 2 is 1.39 bits per heavy atom. The maximum atomic E-state index is 12.0. The van der Waals surface area contributed by atoms with Crippen LogP contribution in [0.25, 0.3) is 0 Å². The molecular formula is C27H56N4O5. The smallest absolute Gasteiger partial charge is 0.220 e. The lowest BCUT2D eigenvalue weighted by Gasteiger charge is -2.29. The van der Waals surface area contributed by atoms with Gasteiger partial charge in [0.15, 0.2) is 0 Å². The molecule has 0 saturated carbocycles. The summed E-state index contributed by atoms with van der Waals surface area (Å²) in [7, 11) is 0. The number of ether oxygens (including phenoxy) is 2. The number of Topliss-reactive ketones (excluding diaryl/α,β-unsaturated/α-hetero) is 1. The molecule has 0 aromatic heterocycles. The molecule has 0 rings (SSSR count). The first-order valence-corrected chi connectivity index (χ1v) is 13.7. The second-order valence-electron chi connectivity index (χ2n) is 9.94. The van der Waals surface area contributed by atoms with Crippen molar-refractivity contribution in [2.45, 2.75) is 118 Å². The Labute approximate surface area is 220 Å². The van der Waals surface area contributed by atoms with Crippen LogP contribution in [0.15, 0.2) is 0 Å². The number of nitrogens with two attached hydrogens (primary N) is 1. The molecule has 36 heavy (non-hydrogen) atoms. The number of unbranched alkanes of at least 4 members (excludes halogenated alkanes) is 1. The van der Waals surface area contributed by atoms with Crippen molar-refractivity contribution < 1.29 is 23.9 Å². The minimum atomic E-state index is -0.354. The van der Waals surface area contributed by atoms with Crippen LogP contribution in [0, 0.1) is 0 Å². The Balaban J connectivity index is 0. The highest BCUT2D eigenvalue weighted by atomic mass is 16.5. The molecule has 214 valence electrons. The molecule has 0 saturated heterocycles. The molecule has 0 aromatic carbocycles. The molecule has 0 aliphatic rings. The highest BCUT2D eigenvalue weighted by molar-refractivity contribution is 5.81. The van der Waals surface area contributed by atoms with E-state index >= 15 is 0 Å². The van der Waals surface area contributed by atoms with E-state index in [1.807, 2.05) is 48.5 Å². The molecule has 0 aromatic rings. The molecule has 0 heterocycles. The number of nitrogens with one attached hydrogen (secondary N) is 3. The van der Waals surface area contributed by atoms with E-state index in [0.29, 0.717) is 52.1 Å². The Morgan fingerprint density at radius 3 is 1.92 bits per heavy atom. The zero-order valence-corrected chi connectivity index (χ0v) is 24.4. The van der Waals surface area contributed by atoms with E-state index in [9.17, 15) is 14.4 Å². The number of ketones is 1. The van der Waals surface area contributed by atoms with E-state index in [0.717, 1.165) is 32.2 Å². The molecule has 9 heteroatoms. The Kier molecular flexibility index (Phi) is 21.9. The van der Waals surface area contributed by atoms with Crippen LogP contribution in [0.4, 0.5) is 0 Å². The van der Waals surface area contributed by atoms with E-state index in [-0.39, 0.29) is 34.8 Å². The van der Waals surface area contributed by atoms with Crippen LogP contribution in [0.3, 0.4) is 0 Å². The number of likely N-dealkylation sites (N-methyl/N-ethyl adjacent to an activating group) is 1. The predicted molar refractivity (Wildman–Crippen MR) is 147 cm³/mol. The SMILES string of the molecule is CC.CCNC(CCCCNC(=O)CCCC(=O)NCCOC(C)(C)CCOC(C)(C)CN)C(C)=O. The molecule has 0 fully saturated rings. The summed E-state index contributed by atoms with van der Waals surface area (Å²) in [6.45, 7) is 18.7. The normalized spacial score (nSPS) is 12.4. The summed E-state index contributed by atoms with van der Waals surface area (Å²) in [5.74, 6) is 0.0186.